The molecule has 7 rings (SSSR count). The lowest BCUT2D eigenvalue weighted by molar-refractivity contribution is -0.708. The Balaban J connectivity index is 1.13. The molecule has 4 bridgehead atoms. The van der Waals surface area contributed by atoms with Crippen molar-refractivity contribution in [2.75, 3.05) is 26.5 Å². The standard InChI is InChI=1S/C30H41N3O11/c1-17-18-9-10-19-28-15-42-30(39,25(38)23(28)27(2,3)12-11-20(28)34)29(19,24(17)37)26(18)44-22(36)8-6-7-21(35)41-16-43-31-33(40)32-13-4-5-14-32/h18-19,23,25-26,38-39H,1,4-16H2,2-3H3/b33-31-/t18-,19-,23+,25-,26+,28+,29-,30-/m0/s1. The maximum absolute atomic E-state index is 14.1. The number of carbonyl (C=O) groups excluding carboxylic acids is 4. The second-order valence-electron chi connectivity index (χ2n) is 13.8. The average Bonchev–Trinajstić information content (AvgIpc) is 3.56. The third-order valence-electron chi connectivity index (χ3n) is 11.4. The minimum Gasteiger partial charge on any atom is -0.569 e. The normalized spacial score (nSPS) is 40.5. The van der Waals surface area contributed by atoms with E-state index in [0.29, 0.717) is 37.3 Å². The van der Waals surface area contributed by atoms with Crippen molar-refractivity contribution in [3.05, 3.63) is 17.4 Å². The molecule has 3 saturated heterocycles. The van der Waals surface area contributed by atoms with E-state index in [4.69, 9.17) is 19.0 Å². The first-order valence-corrected chi connectivity index (χ1v) is 15.5. The molecule has 242 valence electrons. The predicted molar refractivity (Wildman–Crippen MR) is 146 cm³/mol. The fraction of sp³-hybridized carbons (Fsp3) is 0.800. The Hall–Kier alpha value is -3.10. The van der Waals surface area contributed by atoms with Crippen molar-refractivity contribution in [2.45, 2.75) is 89.6 Å². The van der Waals surface area contributed by atoms with Gasteiger partial charge in [0, 0.05) is 31.1 Å². The molecule has 7 fully saturated rings. The van der Waals surface area contributed by atoms with E-state index in [1.165, 1.54) is 5.01 Å². The first kappa shape index (κ1) is 30.9. The topological polar surface area (TPSA) is 187 Å². The first-order valence-electron chi connectivity index (χ1n) is 15.5. The lowest BCUT2D eigenvalue weighted by atomic mass is 9.36. The number of Topliss-reactive ketones (excluding diaryl/α,β-unsaturated/α-hetero) is 2. The van der Waals surface area contributed by atoms with E-state index in [2.05, 4.69) is 11.9 Å². The minimum atomic E-state index is -2.37. The van der Waals surface area contributed by atoms with Crippen LogP contribution in [0.15, 0.2) is 17.4 Å². The Morgan fingerprint density at radius 3 is 2.61 bits per heavy atom. The van der Waals surface area contributed by atoms with Crippen LogP contribution in [0.2, 0.25) is 0 Å². The maximum atomic E-state index is 14.1. The summed E-state index contributed by atoms with van der Waals surface area (Å²) in [5, 5.41) is 40.5. The van der Waals surface area contributed by atoms with Crippen LogP contribution >= 0.6 is 0 Å². The lowest BCUT2D eigenvalue weighted by Crippen LogP contribution is -2.85. The molecular formula is C30H41N3O11. The number of ether oxygens (including phenoxy) is 3. The summed E-state index contributed by atoms with van der Waals surface area (Å²) in [6.45, 7) is 8.37. The number of aliphatic hydroxyl groups is 2. The van der Waals surface area contributed by atoms with Crippen molar-refractivity contribution in [1.82, 2.24) is 5.01 Å². The summed E-state index contributed by atoms with van der Waals surface area (Å²) in [5.41, 5.74) is -3.40. The average molecular weight is 620 g/mol. The van der Waals surface area contributed by atoms with Gasteiger partial charge in [-0.15, -0.1) is 5.01 Å². The van der Waals surface area contributed by atoms with E-state index < -0.39 is 76.5 Å². The van der Waals surface area contributed by atoms with Crippen LogP contribution < -0.4 is 0 Å². The van der Waals surface area contributed by atoms with Crippen molar-refractivity contribution in [1.29, 1.82) is 0 Å². The highest BCUT2D eigenvalue weighted by Crippen LogP contribution is 2.76. The summed E-state index contributed by atoms with van der Waals surface area (Å²) in [4.78, 5) is 58.2. The molecule has 0 radical (unpaired) electrons. The van der Waals surface area contributed by atoms with Gasteiger partial charge in [-0.3, -0.25) is 19.2 Å². The van der Waals surface area contributed by atoms with Crippen molar-refractivity contribution in [3.63, 3.8) is 0 Å². The Morgan fingerprint density at radius 2 is 1.89 bits per heavy atom. The van der Waals surface area contributed by atoms with E-state index in [1.807, 2.05) is 13.8 Å². The molecule has 3 heterocycles. The van der Waals surface area contributed by atoms with E-state index in [9.17, 15) is 34.6 Å². The van der Waals surface area contributed by atoms with Gasteiger partial charge in [0.05, 0.1) is 30.1 Å². The SMILES string of the molecule is C=C1C(=O)[C@]23[C@H](OC(=O)CCCC(=O)OCO/N=[N+](\[O-])N4CCCC4)[C@H]1CC[C@H]2[C@@]12CO[C@@]3(O)[C@@H](O)[C@@H]1C(C)(C)CCC2=O. The van der Waals surface area contributed by atoms with Crippen molar-refractivity contribution in [2.24, 2.45) is 39.3 Å². The quantitative estimate of drug-likeness (QED) is 0.0725. The van der Waals surface area contributed by atoms with E-state index >= 15 is 0 Å². The molecule has 0 aromatic carbocycles. The number of hydrogen-bond acceptors (Lipinski definition) is 12. The third-order valence-corrected chi connectivity index (χ3v) is 11.4. The second-order valence-corrected chi connectivity index (χ2v) is 13.8. The van der Waals surface area contributed by atoms with Crippen LogP contribution in [-0.4, -0.2) is 88.2 Å². The smallest absolute Gasteiger partial charge is 0.308 e. The van der Waals surface area contributed by atoms with Gasteiger partial charge in [-0.1, -0.05) is 20.4 Å². The molecule has 14 nitrogen and oxygen atoms in total. The van der Waals surface area contributed by atoms with Crippen LogP contribution in [-0.2, 0) is 38.2 Å². The molecule has 2 spiro atoms. The van der Waals surface area contributed by atoms with Crippen molar-refractivity contribution >= 4 is 23.5 Å². The van der Waals surface area contributed by atoms with Gasteiger partial charge in [-0.25, -0.2) is 0 Å². The summed E-state index contributed by atoms with van der Waals surface area (Å²) in [7, 11) is 0. The number of hydrogen-bond donors (Lipinski definition) is 2. The van der Waals surface area contributed by atoms with Gasteiger partial charge >= 0.3 is 11.9 Å². The molecule has 0 unspecified atom stereocenters. The van der Waals surface area contributed by atoms with Crippen molar-refractivity contribution < 1.29 is 53.4 Å². The summed E-state index contributed by atoms with van der Waals surface area (Å²) in [6.07, 6.45) is 0.372. The number of aliphatic hydroxyl groups excluding tert-OH is 1. The summed E-state index contributed by atoms with van der Waals surface area (Å²) in [5.74, 6) is -6.34. The van der Waals surface area contributed by atoms with Crippen LogP contribution in [0.1, 0.15) is 71.6 Å². The predicted octanol–water partition coefficient (Wildman–Crippen LogP) is 1.71. The van der Waals surface area contributed by atoms with Gasteiger partial charge in [0.1, 0.15) is 23.4 Å². The van der Waals surface area contributed by atoms with E-state index in [1.54, 1.807) is 0 Å². The molecule has 2 N–H and O–H groups in total. The lowest BCUT2D eigenvalue weighted by Gasteiger charge is -2.72. The van der Waals surface area contributed by atoms with Crippen LogP contribution in [0.5, 0.6) is 0 Å². The molecule has 0 aromatic heterocycles. The van der Waals surface area contributed by atoms with Crippen LogP contribution in [0.3, 0.4) is 0 Å². The molecule has 4 aliphatic carbocycles. The molecule has 7 aliphatic rings. The minimum absolute atomic E-state index is 0.0566. The van der Waals surface area contributed by atoms with Crippen LogP contribution in [0.25, 0.3) is 0 Å². The highest BCUT2D eigenvalue weighted by molar-refractivity contribution is 6.06. The molecule has 3 aliphatic heterocycles. The molecule has 8 atom stereocenters. The second kappa shape index (κ2) is 10.8. The fourth-order valence-electron chi connectivity index (χ4n) is 9.50. The number of ketones is 2. The Morgan fingerprint density at radius 1 is 1.18 bits per heavy atom. The molecular weight excluding hydrogens is 578 g/mol. The Kier molecular flexibility index (Phi) is 7.56. The molecule has 0 aromatic rings. The number of rotatable bonds is 9. The van der Waals surface area contributed by atoms with Crippen LogP contribution in [0.4, 0.5) is 0 Å². The first-order chi connectivity index (χ1) is 20.8. The number of hydrazine groups is 1. The molecule has 0 amide bonds. The molecule has 14 heteroatoms. The largest absolute Gasteiger partial charge is 0.569 e. The van der Waals surface area contributed by atoms with Gasteiger partial charge < -0.3 is 34.5 Å². The monoisotopic (exact) mass is 619 g/mol. The highest BCUT2D eigenvalue weighted by atomic mass is 16.8. The van der Waals surface area contributed by atoms with E-state index in [-0.39, 0.29) is 43.6 Å². The summed E-state index contributed by atoms with van der Waals surface area (Å²) >= 11 is 0. The number of esters is 2. The molecule has 44 heavy (non-hydrogen) atoms. The molecule has 4 saturated carbocycles. The fourth-order valence-corrected chi connectivity index (χ4v) is 9.50. The zero-order valence-corrected chi connectivity index (χ0v) is 25.2. The number of nitrogens with zero attached hydrogens (tertiary/aromatic N) is 3. The van der Waals surface area contributed by atoms with Gasteiger partial charge in [0.25, 0.3) is 6.79 Å². The van der Waals surface area contributed by atoms with Gasteiger partial charge in [0.15, 0.2) is 5.78 Å². The maximum Gasteiger partial charge on any atom is 0.308 e. The highest BCUT2D eigenvalue weighted by Gasteiger charge is 2.88. The third kappa shape index (κ3) is 4.16. The number of fused-ring (bicyclic) bond motifs is 2. The summed E-state index contributed by atoms with van der Waals surface area (Å²) < 4.78 is 16.8. The Labute approximate surface area is 254 Å². The van der Waals surface area contributed by atoms with Crippen molar-refractivity contribution in [3.8, 4) is 0 Å². The van der Waals surface area contributed by atoms with Gasteiger partial charge in [0.2, 0.25) is 11.1 Å². The summed E-state index contributed by atoms with van der Waals surface area (Å²) in [6, 6.07) is 0. The van der Waals surface area contributed by atoms with Crippen LogP contribution in [0, 0.1) is 39.2 Å². The zero-order valence-electron chi connectivity index (χ0n) is 25.2. The van der Waals surface area contributed by atoms with Gasteiger partial charge in [-0.2, -0.15) is 0 Å². The van der Waals surface area contributed by atoms with E-state index in [0.717, 1.165) is 12.8 Å². The zero-order chi connectivity index (χ0) is 31.7. The Bertz CT molecular complexity index is 1290. The van der Waals surface area contributed by atoms with Gasteiger partial charge in [-0.05, 0) is 55.4 Å². The number of carbonyl (C=O) groups is 4.